The zero-order valence-corrected chi connectivity index (χ0v) is 12.7. The van der Waals surface area contributed by atoms with E-state index in [1.54, 1.807) is 37.3 Å². The molecular formula is C15H15N3O3S. The standard InChI is InChI=1S/C15H15N3O3S/c1-2-20-14(19)11-5-3-10(4-6-11)13-8-7-12(21-13)9-17-18-15(16)22/h3-9H,2H2,1H3,(H3,16,18,22). The number of benzene rings is 1. The Balaban J connectivity index is 2.09. The summed E-state index contributed by atoms with van der Waals surface area (Å²) in [7, 11) is 0. The van der Waals surface area contributed by atoms with E-state index in [-0.39, 0.29) is 11.1 Å². The fraction of sp³-hybridized carbons (Fsp3) is 0.133. The van der Waals surface area contributed by atoms with Crippen LogP contribution >= 0.6 is 12.2 Å². The van der Waals surface area contributed by atoms with Crippen LogP contribution in [0, 0.1) is 0 Å². The first-order valence-electron chi connectivity index (χ1n) is 6.56. The number of esters is 1. The molecule has 0 aliphatic heterocycles. The van der Waals surface area contributed by atoms with Crippen LogP contribution in [0.1, 0.15) is 23.0 Å². The number of hydrogen-bond acceptors (Lipinski definition) is 5. The molecule has 0 radical (unpaired) electrons. The van der Waals surface area contributed by atoms with Crippen LogP contribution in [0.4, 0.5) is 0 Å². The first-order chi connectivity index (χ1) is 10.6. The Morgan fingerprint density at radius 3 is 2.73 bits per heavy atom. The number of ether oxygens (including phenoxy) is 1. The minimum atomic E-state index is -0.342. The van der Waals surface area contributed by atoms with Crippen molar-refractivity contribution in [3.05, 3.63) is 47.7 Å². The zero-order valence-electron chi connectivity index (χ0n) is 11.9. The Labute approximate surface area is 132 Å². The first-order valence-corrected chi connectivity index (χ1v) is 6.97. The van der Waals surface area contributed by atoms with Gasteiger partial charge in [-0.1, -0.05) is 12.1 Å². The summed E-state index contributed by atoms with van der Waals surface area (Å²) in [6.45, 7) is 2.12. The second kappa shape index (κ2) is 7.37. The third-order valence-electron chi connectivity index (χ3n) is 2.67. The van der Waals surface area contributed by atoms with Crippen LogP contribution in [0.25, 0.3) is 11.3 Å². The molecular weight excluding hydrogens is 302 g/mol. The lowest BCUT2D eigenvalue weighted by molar-refractivity contribution is 0.0526. The van der Waals surface area contributed by atoms with Gasteiger partial charge in [0.15, 0.2) is 5.11 Å². The van der Waals surface area contributed by atoms with Crippen LogP contribution in [-0.2, 0) is 4.74 Å². The highest BCUT2D eigenvalue weighted by Gasteiger charge is 2.08. The van der Waals surface area contributed by atoms with E-state index in [1.807, 2.05) is 6.07 Å². The molecule has 0 aliphatic carbocycles. The predicted octanol–water partition coefficient (Wildman–Crippen LogP) is 2.29. The van der Waals surface area contributed by atoms with Crippen molar-refractivity contribution in [1.29, 1.82) is 0 Å². The quantitative estimate of drug-likeness (QED) is 0.380. The Bertz CT molecular complexity index is 692. The molecule has 1 aromatic carbocycles. The lowest BCUT2D eigenvalue weighted by Crippen LogP contribution is -2.23. The van der Waals surface area contributed by atoms with Crippen LogP contribution in [0.3, 0.4) is 0 Å². The molecule has 2 rings (SSSR count). The second-order valence-electron chi connectivity index (χ2n) is 4.23. The first kappa shape index (κ1) is 15.7. The molecule has 0 saturated heterocycles. The summed E-state index contributed by atoms with van der Waals surface area (Å²) in [4.78, 5) is 11.6. The molecule has 0 spiro atoms. The SMILES string of the molecule is CCOC(=O)c1ccc(-c2ccc(C=NNC(N)=S)o2)cc1. The van der Waals surface area contributed by atoms with Crippen LogP contribution in [0.5, 0.6) is 0 Å². The number of furan rings is 1. The van der Waals surface area contributed by atoms with Gasteiger partial charge >= 0.3 is 5.97 Å². The molecule has 2 aromatic rings. The van der Waals surface area contributed by atoms with Crippen molar-refractivity contribution in [1.82, 2.24) is 5.43 Å². The Kier molecular flexibility index (Phi) is 5.26. The Hall–Kier alpha value is -2.67. The summed E-state index contributed by atoms with van der Waals surface area (Å²) in [5.74, 6) is 0.866. The lowest BCUT2D eigenvalue weighted by atomic mass is 10.1. The Morgan fingerprint density at radius 1 is 1.36 bits per heavy atom. The van der Waals surface area contributed by atoms with Crippen LogP contribution in [0.15, 0.2) is 45.9 Å². The van der Waals surface area contributed by atoms with Gasteiger partial charge in [0.25, 0.3) is 0 Å². The highest BCUT2D eigenvalue weighted by Crippen LogP contribution is 2.22. The van der Waals surface area contributed by atoms with Crippen LogP contribution < -0.4 is 11.2 Å². The largest absolute Gasteiger partial charge is 0.462 e. The topological polar surface area (TPSA) is 89.8 Å². The molecule has 0 unspecified atom stereocenters. The van der Waals surface area contributed by atoms with Gasteiger partial charge in [0, 0.05) is 5.56 Å². The number of nitrogens with zero attached hydrogens (tertiary/aromatic N) is 1. The van der Waals surface area contributed by atoms with E-state index in [2.05, 4.69) is 22.7 Å². The average molecular weight is 317 g/mol. The summed E-state index contributed by atoms with van der Waals surface area (Å²) in [5.41, 5.74) is 9.04. The maximum Gasteiger partial charge on any atom is 0.338 e. The fourth-order valence-electron chi connectivity index (χ4n) is 1.72. The summed E-state index contributed by atoms with van der Waals surface area (Å²) < 4.78 is 10.5. The van der Waals surface area contributed by atoms with Crippen molar-refractivity contribution in [3.8, 4) is 11.3 Å². The van der Waals surface area contributed by atoms with Gasteiger partial charge in [0.1, 0.15) is 11.5 Å². The Morgan fingerprint density at radius 2 is 2.09 bits per heavy atom. The molecule has 6 nitrogen and oxygen atoms in total. The van der Waals surface area contributed by atoms with Gasteiger partial charge in [-0.05, 0) is 43.4 Å². The minimum Gasteiger partial charge on any atom is -0.462 e. The maximum absolute atomic E-state index is 11.6. The fourth-order valence-corrected chi connectivity index (χ4v) is 1.77. The van der Waals surface area contributed by atoms with Crippen molar-refractivity contribution in [2.45, 2.75) is 6.92 Å². The summed E-state index contributed by atoms with van der Waals surface area (Å²) in [6.07, 6.45) is 1.47. The molecule has 0 bridgehead atoms. The summed E-state index contributed by atoms with van der Waals surface area (Å²) in [6, 6.07) is 10.5. The molecule has 0 amide bonds. The molecule has 7 heteroatoms. The van der Waals surface area contributed by atoms with Gasteiger partial charge < -0.3 is 14.9 Å². The van der Waals surface area contributed by atoms with E-state index >= 15 is 0 Å². The lowest BCUT2D eigenvalue weighted by Gasteiger charge is -2.02. The monoisotopic (exact) mass is 317 g/mol. The number of nitrogens with two attached hydrogens (primary N) is 1. The number of rotatable bonds is 5. The number of hydrazone groups is 1. The van der Waals surface area contributed by atoms with E-state index in [0.717, 1.165) is 5.56 Å². The molecule has 0 atom stereocenters. The molecule has 0 saturated carbocycles. The maximum atomic E-state index is 11.6. The predicted molar refractivity (Wildman–Crippen MR) is 87.6 cm³/mol. The van der Waals surface area contributed by atoms with Crippen molar-refractivity contribution in [2.24, 2.45) is 10.8 Å². The number of carbonyl (C=O) groups excluding carboxylic acids is 1. The van der Waals surface area contributed by atoms with Crippen molar-refractivity contribution >= 4 is 29.5 Å². The third kappa shape index (κ3) is 4.16. The summed E-state index contributed by atoms with van der Waals surface area (Å²) in [5, 5.41) is 3.89. The normalized spacial score (nSPS) is 10.6. The van der Waals surface area contributed by atoms with Gasteiger partial charge in [-0.25, -0.2) is 4.79 Å². The van der Waals surface area contributed by atoms with Gasteiger partial charge in [-0.15, -0.1) is 0 Å². The number of thiocarbonyl (C=S) groups is 1. The molecule has 0 fully saturated rings. The molecule has 3 N–H and O–H groups in total. The van der Waals surface area contributed by atoms with Crippen molar-refractivity contribution in [2.75, 3.05) is 6.61 Å². The molecule has 0 aliphatic rings. The number of carbonyl (C=O) groups is 1. The van der Waals surface area contributed by atoms with Gasteiger partial charge in [-0.2, -0.15) is 5.10 Å². The van der Waals surface area contributed by atoms with E-state index in [4.69, 9.17) is 14.9 Å². The average Bonchev–Trinajstić information content (AvgIpc) is 2.96. The number of nitrogens with one attached hydrogen (secondary N) is 1. The van der Waals surface area contributed by atoms with Crippen molar-refractivity contribution < 1.29 is 13.9 Å². The van der Waals surface area contributed by atoms with E-state index in [1.165, 1.54) is 6.21 Å². The van der Waals surface area contributed by atoms with Gasteiger partial charge in [0.05, 0.1) is 18.4 Å². The number of hydrogen-bond donors (Lipinski definition) is 2. The second-order valence-corrected chi connectivity index (χ2v) is 4.67. The molecule has 1 heterocycles. The van der Waals surface area contributed by atoms with Crippen LogP contribution in [0.2, 0.25) is 0 Å². The summed E-state index contributed by atoms with van der Waals surface area (Å²) >= 11 is 4.63. The highest BCUT2D eigenvalue weighted by molar-refractivity contribution is 7.80. The highest BCUT2D eigenvalue weighted by atomic mass is 32.1. The molecule has 114 valence electrons. The third-order valence-corrected chi connectivity index (χ3v) is 2.77. The molecule has 22 heavy (non-hydrogen) atoms. The van der Waals surface area contributed by atoms with Crippen LogP contribution in [-0.4, -0.2) is 23.9 Å². The molecule has 1 aromatic heterocycles. The van der Waals surface area contributed by atoms with E-state index in [9.17, 15) is 4.79 Å². The minimum absolute atomic E-state index is 0.0811. The van der Waals surface area contributed by atoms with E-state index < -0.39 is 0 Å². The van der Waals surface area contributed by atoms with Gasteiger partial charge in [-0.3, -0.25) is 5.43 Å². The van der Waals surface area contributed by atoms with E-state index in [0.29, 0.717) is 23.7 Å². The zero-order chi connectivity index (χ0) is 15.9. The van der Waals surface area contributed by atoms with Gasteiger partial charge in [0.2, 0.25) is 0 Å². The van der Waals surface area contributed by atoms with Crippen molar-refractivity contribution in [3.63, 3.8) is 0 Å². The smallest absolute Gasteiger partial charge is 0.338 e.